The van der Waals surface area contributed by atoms with Crippen molar-refractivity contribution in [3.8, 4) is 5.75 Å². The summed E-state index contributed by atoms with van der Waals surface area (Å²) in [5, 5.41) is 12.1. The van der Waals surface area contributed by atoms with Crippen LogP contribution >= 0.6 is 0 Å². The third-order valence-corrected chi connectivity index (χ3v) is 10.7. The molecule has 2 heterocycles. The zero-order chi connectivity index (χ0) is 34.3. The van der Waals surface area contributed by atoms with Crippen LogP contribution in [0.3, 0.4) is 0 Å². The number of anilines is 3. The van der Waals surface area contributed by atoms with E-state index in [4.69, 9.17) is 0 Å². The highest BCUT2D eigenvalue weighted by Crippen LogP contribution is 2.41. The molecule has 6 rings (SSSR count). The Bertz CT molecular complexity index is 1850. The fourth-order valence-corrected chi connectivity index (χ4v) is 7.96. The van der Waals surface area contributed by atoms with Crippen LogP contribution in [-0.2, 0) is 28.9 Å². The number of nitrogens with zero attached hydrogens (tertiary/aromatic N) is 3. The average Bonchev–Trinajstić information content (AvgIpc) is 3.22. The van der Waals surface area contributed by atoms with Crippen molar-refractivity contribution in [3.05, 3.63) is 114 Å². The van der Waals surface area contributed by atoms with Crippen molar-refractivity contribution in [1.82, 2.24) is 4.72 Å². The van der Waals surface area contributed by atoms with Gasteiger partial charge in [-0.05, 0) is 78.6 Å². The number of nitrogens with one attached hydrogen (secondary N) is 1. The molecule has 1 fully saturated rings. The molecular weight excluding hydrogens is 658 g/mol. The normalized spacial score (nSPS) is 21.0. The summed E-state index contributed by atoms with van der Waals surface area (Å²) in [4.78, 5) is 3.74. The van der Waals surface area contributed by atoms with Crippen LogP contribution in [0.25, 0.3) is 0 Å². The van der Waals surface area contributed by atoms with Gasteiger partial charge in [-0.3, -0.25) is 0 Å². The topological polar surface area (TPSA) is 77.4 Å². The number of ether oxygens (including phenoxy) is 1. The molecule has 0 saturated carbocycles. The smallest absolute Gasteiger partial charge is 0.406 e. The van der Waals surface area contributed by atoms with E-state index < -0.39 is 52.0 Å². The molecule has 48 heavy (non-hydrogen) atoms. The number of hydrogen-bond acceptors (Lipinski definition) is 6. The SMILES string of the molecule is CN=S(=O)(NC1CN(c2cccc(C(F)(F)F)c2)CC(N2c3ccccc3CCc3ccccc32)C1O)c1ccc(OC(F)(F)F)cc1. The molecule has 2 aliphatic rings. The molecular formula is C34H32F6N4O3S. The van der Waals surface area contributed by atoms with Gasteiger partial charge in [-0.1, -0.05) is 42.5 Å². The molecule has 0 aliphatic carbocycles. The van der Waals surface area contributed by atoms with E-state index >= 15 is 0 Å². The van der Waals surface area contributed by atoms with E-state index in [0.29, 0.717) is 0 Å². The lowest BCUT2D eigenvalue weighted by atomic mass is 9.93. The van der Waals surface area contributed by atoms with Gasteiger partial charge >= 0.3 is 12.5 Å². The minimum atomic E-state index is -4.92. The number of benzene rings is 4. The molecule has 1 saturated heterocycles. The van der Waals surface area contributed by atoms with Crippen LogP contribution < -0.4 is 19.3 Å². The predicted octanol–water partition coefficient (Wildman–Crippen LogP) is 7.12. The maximum Gasteiger partial charge on any atom is 0.573 e. The molecule has 4 aromatic carbocycles. The van der Waals surface area contributed by atoms with Gasteiger partial charge in [0.25, 0.3) is 0 Å². The van der Waals surface area contributed by atoms with Crippen molar-refractivity contribution in [1.29, 1.82) is 0 Å². The maximum absolute atomic E-state index is 14.3. The second-order valence-corrected chi connectivity index (χ2v) is 13.7. The summed E-state index contributed by atoms with van der Waals surface area (Å²) in [5.41, 5.74) is 3.12. The average molecular weight is 691 g/mol. The first kappa shape index (κ1) is 33.6. The summed E-state index contributed by atoms with van der Waals surface area (Å²) < 4.78 is 105. The lowest BCUT2D eigenvalue weighted by molar-refractivity contribution is -0.274. The van der Waals surface area contributed by atoms with Crippen LogP contribution in [0.5, 0.6) is 5.75 Å². The van der Waals surface area contributed by atoms with Crippen molar-refractivity contribution in [2.75, 3.05) is 29.9 Å². The zero-order valence-corrected chi connectivity index (χ0v) is 26.4. The van der Waals surface area contributed by atoms with E-state index in [2.05, 4.69) is 13.8 Å². The van der Waals surface area contributed by atoms with Gasteiger partial charge in [-0.2, -0.15) is 13.2 Å². The quantitative estimate of drug-likeness (QED) is 0.211. The van der Waals surface area contributed by atoms with Crippen LogP contribution in [0.15, 0.2) is 106 Å². The fourth-order valence-electron chi connectivity index (χ4n) is 6.38. The Morgan fingerprint density at radius 1 is 0.833 bits per heavy atom. The number of fused-ring (bicyclic) bond motifs is 2. The molecule has 0 radical (unpaired) electrons. The lowest BCUT2D eigenvalue weighted by Gasteiger charge is -2.48. The third-order valence-electron chi connectivity index (χ3n) is 8.61. The highest BCUT2D eigenvalue weighted by atomic mass is 32.2. The van der Waals surface area contributed by atoms with E-state index in [9.17, 15) is 35.7 Å². The van der Waals surface area contributed by atoms with Gasteiger partial charge in [0, 0.05) is 37.2 Å². The predicted molar refractivity (Wildman–Crippen MR) is 171 cm³/mol. The molecule has 0 bridgehead atoms. The summed E-state index contributed by atoms with van der Waals surface area (Å²) in [7, 11) is -2.29. The van der Waals surface area contributed by atoms with Gasteiger partial charge in [0.2, 0.25) is 0 Å². The standard InChI is InChI=1S/C34H32F6N4O3S/c1-41-48(46,27-17-15-26(16-18-27)47-34(38,39)40)42-28-20-43(25-10-6-9-24(19-25)33(35,36)37)21-31(32(28)45)44-29-11-4-2-7-22(29)13-14-23-8-3-5-12-30(23)44/h2-12,15-19,28,31-32,45H,13-14,20-21H2,1H3,(H,41,42,46). The number of para-hydroxylation sites is 2. The summed E-state index contributed by atoms with van der Waals surface area (Å²) in [5.74, 6) is -0.518. The van der Waals surface area contributed by atoms with Crippen LogP contribution in [0, 0.1) is 0 Å². The van der Waals surface area contributed by atoms with Gasteiger partial charge in [-0.15, -0.1) is 13.2 Å². The summed E-state index contributed by atoms with van der Waals surface area (Å²) in [6, 6.07) is 23.0. The molecule has 7 nitrogen and oxygen atoms in total. The summed E-state index contributed by atoms with van der Waals surface area (Å²) in [6.45, 7) is 0.0507. The van der Waals surface area contributed by atoms with Crippen LogP contribution in [0.2, 0.25) is 0 Å². The first-order valence-electron chi connectivity index (χ1n) is 15.1. The second kappa shape index (κ2) is 13.0. The molecule has 2 N–H and O–H groups in total. The van der Waals surface area contributed by atoms with Crippen LogP contribution in [-0.4, -0.2) is 54.0 Å². The van der Waals surface area contributed by atoms with E-state index in [1.165, 1.54) is 25.2 Å². The van der Waals surface area contributed by atoms with Crippen molar-refractivity contribution in [2.45, 2.75) is 48.5 Å². The van der Waals surface area contributed by atoms with E-state index in [1.54, 1.807) is 11.0 Å². The Morgan fingerprint density at radius 3 is 2.00 bits per heavy atom. The highest BCUT2D eigenvalue weighted by molar-refractivity contribution is 7.91. The molecule has 254 valence electrons. The van der Waals surface area contributed by atoms with Gasteiger partial charge in [0.15, 0.2) is 0 Å². The van der Waals surface area contributed by atoms with E-state index in [1.807, 2.05) is 53.4 Å². The molecule has 0 amide bonds. The minimum Gasteiger partial charge on any atom is -0.406 e. The highest BCUT2D eigenvalue weighted by Gasteiger charge is 2.43. The molecule has 14 heteroatoms. The van der Waals surface area contributed by atoms with Gasteiger partial charge in [0.1, 0.15) is 15.7 Å². The number of alkyl halides is 6. The largest absolute Gasteiger partial charge is 0.573 e. The molecule has 2 aliphatic heterocycles. The number of halogens is 6. The number of aliphatic hydroxyl groups is 1. The maximum atomic E-state index is 14.3. The lowest BCUT2D eigenvalue weighted by Crippen LogP contribution is -2.65. The summed E-state index contributed by atoms with van der Waals surface area (Å²) in [6.07, 6.45) is -9.30. The fraction of sp³-hybridized carbons (Fsp3) is 0.294. The van der Waals surface area contributed by atoms with Gasteiger partial charge < -0.3 is 19.6 Å². The van der Waals surface area contributed by atoms with Crippen LogP contribution in [0.1, 0.15) is 16.7 Å². The number of aryl methyl sites for hydroxylation is 2. The zero-order valence-electron chi connectivity index (χ0n) is 25.6. The molecule has 4 atom stereocenters. The summed E-state index contributed by atoms with van der Waals surface area (Å²) >= 11 is 0. The Labute approximate surface area is 274 Å². The number of hydrogen-bond donors (Lipinski definition) is 2. The van der Waals surface area contributed by atoms with Gasteiger partial charge in [0.05, 0.1) is 28.6 Å². The van der Waals surface area contributed by atoms with E-state index in [0.717, 1.165) is 59.6 Å². The third kappa shape index (κ3) is 6.96. The number of rotatable bonds is 6. The molecule has 0 spiro atoms. The second-order valence-electron chi connectivity index (χ2n) is 11.6. The molecule has 4 aromatic rings. The van der Waals surface area contributed by atoms with Crippen molar-refractivity contribution >= 4 is 27.0 Å². The monoisotopic (exact) mass is 690 g/mol. The first-order valence-corrected chi connectivity index (χ1v) is 16.6. The van der Waals surface area contributed by atoms with Crippen LogP contribution in [0.4, 0.5) is 43.4 Å². The van der Waals surface area contributed by atoms with Crippen molar-refractivity contribution in [2.24, 2.45) is 4.36 Å². The van der Waals surface area contributed by atoms with E-state index in [-0.39, 0.29) is 23.7 Å². The number of piperidine rings is 1. The van der Waals surface area contributed by atoms with Gasteiger partial charge in [-0.25, -0.2) is 13.3 Å². The Morgan fingerprint density at radius 2 is 1.44 bits per heavy atom. The Balaban J connectivity index is 1.43. The van der Waals surface area contributed by atoms with Crippen molar-refractivity contribution < 1.29 is 40.4 Å². The Hall–Kier alpha value is -4.27. The molecule has 0 aromatic heterocycles. The molecule has 4 unspecified atom stereocenters. The number of aliphatic hydroxyl groups excluding tert-OH is 1. The first-order chi connectivity index (χ1) is 22.8. The minimum absolute atomic E-state index is 0.0323. The Kier molecular flexibility index (Phi) is 9.09. The van der Waals surface area contributed by atoms with Crippen molar-refractivity contribution in [3.63, 3.8) is 0 Å².